The SMILES string of the molecule is CN(C)S(=O)(=O)C[C@@H]1COC[C@H]1NC(=O)c1ccccc1C(F)(F)F. The fourth-order valence-corrected chi connectivity index (χ4v) is 3.68. The molecule has 2 rings (SSSR count). The zero-order valence-electron chi connectivity index (χ0n) is 13.7. The molecule has 1 saturated heterocycles. The quantitative estimate of drug-likeness (QED) is 0.837. The van der Waals surface area contributed by atoms with Gasteiger partial charge in [-0.15, -0.1) is 0 Å². The molecule has 1 heterocycles. The summed E-state index contributed by atoms with van der Waals surface area (Å²) in [5, 5.41) is 2.47. The summed E-state index contributed by atoms with van der Waals surface area (Å²) in [4.78, 5) is 12.3. The zero-order chi connectivity index (χ0) is 18.8. The average Bonchev–Trinajstić information content (AvgIpc) is 2.92. The Morgan fingerprint density at radius 1 is 1.28 bits per heavy atom. The van der Waals surface area contributed by atoms with E-state index in [2.05, 4.69) is 5.32 Å². The molecule has 0 saturated carbocycles. The molecule has 1 fully saturated rings. The van der Waals surface area contributed by atoms with Crippen LogP contribution in [-0.2, 0) is 20.9 Å². The molecule has 0 bridgehead atoms. The van der Waals surface area contributed by atoms with Gasteiger partial charge < -0.3 is 10.1 Å². The van der Waals surface area contributed by atoms with Crippen LogP contribution in [0.15, 0.2) is 24.3 Å². The van der Waals surface area contributed by atoms with Gasteiger partial charge in [-0.1, -0.05) is 12.1 Å². The summed E-state index contributed by atoms with van der Waals surface area (Å²) < 4.78 is 69.3. The lowest BCUT2D eigenvalue weighted by Gasteiger charge is -2.21. The first kappa shape index (κ1) is 19.7. The van der Waals surface area contributed by atoms with E-state index in [1.807, 2.05) is 0 Å². The number of ether oxygens (including phenoxy) is 1. The van der Waals surface area contributed by atoms with Crippen molar-refractivity contribution in [2.24, 2.45) is 5.92 Å². The zero-order valence-corrected chi connectivity index (χ0v) is 14.5. The van der Waals surface area contributed by atoms with Gasteiger partial charge in [0.1, 0.15) is 0 Å². The Bertz CT molecular complexity index is 735. The molecular weight excluding hydrogens is 361 g/mol. The number of nitrogens with zero attached hydrogens (tertiary/aromatic N) is 1. The number of benzene rings is 1. The Kier molecular flexibility index (Phi) is 5.75. The number of sulfonamides is 1. The van der Waals surface area contributed by atoms with Crippen LogP contribution in [-0.4, -0.2) is 57.7 Å². The molecule has 6 nitrogen and oxygen atoms in total. The molecule has 0 aliphatic carbocycles. The first-order valence-electron chi connectivity index (χ1n) is 7.47. The molecule has 25 heavy (non-hydrogen) atoms. The van der Waals surface area contributed by atoms with Crippen molar-refractivity contribution < 1.29 is 31.1 Å². The maximum absolute atomic E-state index is 13.0. The number of hydrogen-bond acceptors (Lipinski definition) is 4. The monoisotopic (exact) mass is 380 g/mol. The second-order valence-corrected chi connectivity index (χ2v) is 8.21. The third-order valence-electron chi connectivity index (χ3n) is 3.97. The highest BCUT2D eigenvalue weighted by Gasteiger charge is 2.37. The summed E-state index contributed by atoms with van der Waals surface area (Å²) in [6, 6.07) is 3.77. The van der Waals surface area contributed by atoms with Gasteiger partial charge in [-0.25, -0.2) is 12.7 Å². The van der Waals surface area contributed by atoms with Crippen molar-refractivity contribution in [1.29, 1.82) is 0 Å². The molecule has 140 valence electrons. The van der Waals surface area contributed by atoms with Gasteiger partial charge in [0.2, 0.25) is 10.0 Å². The van der Waals surface area contributed by atoms with Crippen LogP contribution in [0.2, 0.25) is 0 Å². The van der Waals surface area contributed by atoms with Crippen LogP contribution in [0, 0.1) is 5.92 Å². The topological polar surface area (TPSA) is 75.7 Å². The number of alkyl halides is 3. The summed E-state index contributed by atoms with van der Waals surface area (Å²) >= 11 is 0. The summed E-state index contributed by atoms with van der Waals surface area (Å²) in [5.74, 6) is -1.70. The lowest BCUT2D eigenvalue weighted by Crippen LogP contribution is -2.44. The van der Waals surface area contributed by atoms with Gasteiger partial charge in [0.05, 0.1) is 36.1 Å². The molecule has 1 N–H and O–H groups in total. The van der Waals surface area contributed by atoms with Crippen LogP contribution in [0.1, 0.15) is 15.9 Å². The van der Waals surface area contributed by atoms with E-state index in [4.69, 9.17) is 4.74 Å². The normalized spacial score (nSPS) is 21.5. The minimum atomic E-state index is -4.66. The first-order chi connectivity index (χ1) is 11.5. The molecule has 1 aromatic rings. The average molecular weight is 380 g/mol. The minimum absolute atomic E-state index is 0.0491. The van der Waals surface area contributed by atoms with E-state index < -0.39 is 45.2 Å². The van der Waals surface area contributed by atoms with E-state index >= 15 is 0 Å². The smallest absolute Gasteiger partial charge is 0.379 e. The number of hydrogen-bond donors (Lipinski definition) is 1. The molecule has 0 unspecified atom stereocenters. The van der Waals surface area contributed by atoms with E-state index in [1.54, 1.807) is 0 Å². The highest BCUT2D eigenvalue weighted by atomic mass is 32.2. The fourth-order valence-electron chi connectivity index (χ4n) is 2.52. The Morgan fingerprint density at radius 3 is 2.52 bits per heavy atom. The van der Waals surface area contributed by atoms with E-state index in [9.17, 15) is 26.4 Å². The first-order valence-corrected chi connectivity index (χ1v) is 9.08. The van der Waals surface area contributed by atoms with E-state index in [0.29, 0.717) is 0 Å². The molecule has 0 radical (unpaired) electrons. The largest absolute Gasteiger partial charge is 0.417 e. The highest BCUT2D eigenvalue weighted by Crippen LogP contribution is 2.32. The Hall–Kier alpha value is -1.65. The van der Waals surface area contributed by atoms with Gasteiger partial charge in [-0.2, -0.15) is 13.2 Å². The molecule has 1 amide bonds. The minimum Gasteiger partial charge on any atom is -0.379 e. The van der Waals surface area contributed by atoms with Gasteiger partial charge in [0, 0.05) is 20.0 Å². The molecular formula is C15H19F3N2O4S. The molecule has 1 aliphatic rings. The number of rotatable bonds is 5. The van der Waals surface area contributed by atoms with Crippen LogP contribution >= 0.6 is 0 Å². The summed E-state index contributed by atoms with van der Waals surface area (Å²) in [7, 11) is -0.750. The molecule has 1 aliphatic heterocycles. The number of carbonyl (C=O) groups is 1. The number of nitrogens with one attached hydrogen (secondary N) is 1. The number of halogens is 3. The van der Waals surface area contributed by atoms with Gasteiger partial charge in [0.25, 0.3) is 5.91 Å². The van der Waals surface area contributed by atoms with Crippen LogP contribution in [0.4, 0.5) is 13.2 Å². The molecule has 10 heteroatoms. The van der Waals surface area contributed by atoms with E-state index in [1.165, 1.54) is 26.2 Å². The van der Waals surface area contributed by atoms with Crippen molar-refractivity contribution >= 4 is 15.9 Å². The van der Waals surface area contributed by atoms with Crippen LogP contribution < -0.4 is 5.32 Å². The van der Waals surface area contributed by atoms with Gasteiger partial charge in [-0.3, -0.25) is 4.79 Å². The van der Waals surface area contributed by atoms with Crippen molar-refractivity contribution in [3.63, 3.8) is 0 Å². The van der Waals surface area contributed by atoms with Crippen molar-refractivity contribution in [2.75, 3.05) is 33.1 Å². The van der Waals surface area contributed by atoms with E-state index in [-0.39, 0.29) is 19.0 Å². The van der Waals surface area contributed by atoms with Gasteiger partial charge in [-0.05, 0) is 12.1 Å². The van der Waals surface area contributed by atoms with Crippen molar-refractivity contribution in [3.8, 4) is 0 Å². The van der Waals surface area contributed by atoms with Crippen molar-refractivity contribution in [1.82, 2.24) is 9.62 Å². The van der Waals surface area contributed by atoms with Crippen molar-refractivity contribution in [3.05, 3.63) is 35.4 Å². The lowest BCUT2D eigenvalue weighted by molar-refractivity contribution is -0.137. The predicted molar refractivity (Wildman–Crippen MR) is 84.5 cm³/mol. The second-order valence-electron chi connectivity index (χ2n) is 5.98. The lowest BCUT2D eigenvalue weighted by atomic mass is 10.0. The second kappa shape index (κ2) is 7.30. The van der Waals surface area contributed by atoms with Gasteiger partial charge >= 0.3 is 6.18 Å². The van der Waals surface area contributed by atoms with E-state index in [0.717, 1.165) is 16.4 Å². The molecule has 1 aromatic carbocycles. The van der Waals surface area contributed by atoms with Crippen LogP contribution in [0.5, 0.6) is 0 Å². The Labute approximate surface area is 144 Å². The Balaban J connectivity index is 2.15. The predicted octanol–water partition coefficient (Wildman–Crippen LogP) is 1.34. The number of amides is 1. The number of carbonyl (C=O) groups excluding carboxylic acids is 1. The maximum Gasteiger partial charge on any atom is 0.417 e. The molecule has 0 aromatic heterocycles. The highest BCUT2D eigenvalue weighted by molar-refractivity contribution is 7.89. The third kappa shape index (κ3) is 4.71. The Morgan fingerprint density at radius 2 is 1.92 bits per heavy atom. The van der Waals surface area contributed by atoms with Crippen molar-refractivity contribution in [2.45, 2.75) is 12.2 Å². The summed E-state index contributed by atoms with van der Waals surface area (Å²) in [6.45, 7) is 0.159. The molecule has 2 atom stereocenters. The summed E-state index contributed by atoms with van der Waals surface area (Å²) in [6.07, 6.45) is -4.66. The summed E-state index contributed by atoms with van der Waals surface area (Å²) in [5.41, 5.74) is -1.54. The third-order valence-corrected chi connectivity index (χ3v) is 5.94. The van der Waals surface area contributed by atoms with Gasteiger partial charge in [0.15, 0.2) is 0 Å². The van der Waals surface area contributed by atoms with Crippen LogP contribution in [0.3, 0.4) is 0 Å². The fraction of sp³-hybridized carbons (Fsp3) is 0.533. The molecule has 0 spiro atoms. The van der Waals surface area contributed by atoms with Crippen LogP contribution in [0.25, 0.3) is 0 Å². The standard InChI is InChI=1S/C15H19F3N2O4S/c1-20(2)25(22,23)9-10-7-24-8-13(10)19-14(21)11-5-3-4-6-12(11)15(16,17)18/h3-6,10,13H,7-9H2,1-2H3,(H,19,21)/t10-,13+/m0/s1. The maximum atomic E-state index is 13.0.